The van der Waals surface area contributed by atoms with Gasteiger partial charge in [0, 0.05) is 23.5 Å². The van der Waals surface area contributed by atoms with E-state index >= 15 is 0 Å². The summed E-state index contributed by atoms with van der Waals surface area (Å²) in [5.74, 6) is 0.769. The third-order valence-electron chi connectivity index (χ3n) is 4.16. The lowest BCUT2D eigenvalue weighted by atomic mass is 10.0. The number of rotatable bonds is 4. The average molecular weight is 296 g/mol. The van der Waals surface area contributed by atoms with Crippen LogP contribution in [-0.2, 0) is 0 Å². The zero-order chi connectivity index (χ0) is 15.7. The van der Waals surface area contributed by atoms with Crippen LogP contribution in [0.4, 0.5) is 0 Å². The Morgan fingerprint density at radius 3 is 2.68 bits per heavy atom. The first-order chi connectivity index (χ1) is 10.5. The predicted octanol–water partition coefficient (Wildman–Crippen LogP) is 3.35. The van der Waals surface area contributed by atoms with Gasteiger partial charge in [0.25, 0.3) is 5.91 Å². The molecule has 1 fully saturated rings. The number of hydrogen-bond acceptors (Lipinski definition) is 3. The number of carbonyl (C=O) groups is 1. The first-order valence-electron chi connectivity index (χ1n) is 7.43. The van der Waals surface area contributed by atoms with E-state index in [1.807, 2.05) is 31.2 Å². The fraction of sp³-hybridized carbons (Fsp3) is 0.333. The molecule has 0 unspecified atom stereocenters. The summed E-state index contributed by atoms with van der Waals surface area (Å²) in [5, 5.41) is 3.06. The second kappa shape index (κ2) is 5.44. The Balaban J connectivity index is 1.89. The highest BCUT2D eigenvalue weighted by Crippen LogP contribution is 2.34. The molecule has 1 aliphatic rings. The van der Waals surface area contributed by atoms with Crippen molar-refractivity contribution < 1.29 is 9.53 Å². The van der Waals surface area contributed by atoms with Gasteiger partial charge in [0.15, 0.2) is 0 Å². The molecule has 3 rings (SSSR count). The predicted molar refractivity (Wildman–Crippen MR) is 86.1 cm³/mol. The van der Waals surface area contributed by atoms with Crippen molar-refractivity contribution in [1.29, 1.82) is 0 Å². The van der Waals surface area contributed by atoms with Crippen LogP contribution < -0.4 is 10.1 Å². The Hall–Kier alpha value is -2.36. The molecule has 4 nitrogen and oxygen atoms in total. The Morgan fingerprint density at radius 1 is 1.27 bits per heavy atom. The fourth-order valence-electron chi connectivity index (χ4n) is 2.46. The van der Waals surface area contributed by atoms with Crippen LogP contribution in [0.5, 0.6) is 5.75 Å². The van der Waals surface area contributed by atoms with Gasteiger partial charge in [-0.2, -0.15) is 0 Å². The SMILES string of the molecule is COc1ccc(-c2cncc(C(=O)NC3(C)CC3)c2)c(C)c1. The van der Waals surface area contributed by atoms with Gasteiger partial charge in [-0.15, -0.1) is 0 Å². The molecule has 0 radical (unpaired) electrons. The molecule has 0 aliphatic heterocycles. The number of methoxy groups -OCH3 is 1. The molecular weight excluding hydrogens is 276 g/mol. The minimum atomic E-state index is -0.0551. The molecule has 1 saturated carbocycles. The van der Waals surface area contributed by atoms with E-state index in [-0.39, 0.29) is 11.4 Å². The molecule has 114 valence electrons. The molecular formula is C18H20N2O2. The van der Waals surface area contributed by atoms with E-state index in [0.717, 1.165) is 35.3 Å². The summed E-state index contributed by atoms with van der Waals surface area (Å²) in [6.07, 6.45) is 5.49. The van der Waals surface area contributed by atoms with Gasteiger partial charge in [0.2, 0.25) is 0 Å². The quantitative estimate of drug-likeness (QED) is 0.941. The molecule has 1 amide bonds. The number of carbonyl (C=O) groups excluding carboxylic acids is 1. The van der Waals surface area contributed by atoms with Gasteiger partial charge in [-0.1, -0.05) is 6.07 Å². The zero-order valence-corrected chi connectivity index (χ0v) is 13.1. The number of hydrogen-bond donors (Lipinski definition) is 1. The second-order valence-corrected chi connectivity index (χ2v) is 6.16. The van der Waals surface area contributed by atoms with Crippen LogP contribution in [0.1, 0.15) is 35.7 Å². The van der Waals surface area contributed by atoms with Gasteiger partial charge in [-0.05, 0) is 56.0 Å². The number of nitrogens with one attached hydrogen (secondary N) is 1. The van der Waals surface area contributed by atoms with Gasteiger partial charge in [0.05, 0.1) is 12.7 Å². The van der Waals surface area contributed by atoms with Crippen LogP contribution in [0.25, 0.3) is 11.1 Å². The fourth-order valence-corrected chi connectivity index (χ4v) is 2.46. The summed E-state index contributed by atoms with van der Waals surface area (Å²) in [5.41, 5.74) is 3.66. The molecule has 0 bridgehead atoms. The van der Waals surface area contributed by atoms with Crippen molar-refractivity contribution in [2.75, 3.05) is 7.11 Å². The normalized spacial score (nSPS) is 15.2. The Kier molecular flexibility index (Phi) is 3.61. The van der Waals surface area contributed by atoms with E-state index in [1.165, 1.54) is 0 Å². The number of nitrogens with zero attached hydrogens (tertiary/aromatic N) is 1. The van der Waals surface area contributed by atoms with Crippen LogP contribution in [0.15, 0.2) is 36.7 Å². The largest absolute Gasteiger partial charge is 0.497 e. The molecule has 1 aromatic carbocycles. The highest BCUT2D eigenvalue weighted by molar-refractivity contribution is 5.95. The molecule has 1 N–H and O–H groups in total. The Bertz CT molecular complexity index is 721. The summed E-state index contributed by atoms with van der Waals surface area (Å²) in [6, 6.07) is 7.78. The summed E-state index contributed by atoms with van der Waals surface area (Å²) < 4.78 is 5.23. The number of amides is 1. The Labute approximate surface area is 130 Å². The first-order valence-corrected chi connectivity index (χ1v) is 7.43. The van der Waals surface area contributed by atoms with Crippen molar-refractivity contribution in [3.63, 3.8) is 0 Å². The molecule has 1 aliphatic carbocycles. The van der Waals surface area contributed by atoms with Crippen LogP contribution >= 0.6 is 0 Å². The minimum Gasteiger partial charge on any atom is -0.497 e. The second-order valence-electron chi connectivity index (χ2n) is 6.16. The lowest BCUT2D eigenvalue weighted by molar-refractivity contribution is 0.0935. The number of benzene rings is 1. The summed E-state index contributed by atoms with van der Waals surface area (Å²) >= 11 is 0. The molecule has 22 heavy (non-hydrogen) atoms. The van der Waals surface area contributed by atoms with Gasteiger partial charge in [0.1, 0.15) is 5.75 Å². The summed E-state index contributed by atoms with van der Waals surface area (Å²) in [6.45, 7) is 4.09. The van der Waals surface area contributed by atoms with Crippen LogP contribution in [0, 0.1) is 6.92 Å². The topological polar surface area (TPSA) is 51.2 Å². The van der Waals surface area contributed by atoms with Crippen LogP contribution in [0.3, 0.4) is 0 Å². The van der Waals surface area contributed by atoms with E-state index < -0.39 is 0 Å². The molecule has 4 heteroatoms. The zero-order valence-electron chi connectivity index (χ0n) is 13.1. The summed E-state index contributed by atoms with van der Waals surface area (Å²) in [7, 11) is 1.65. The lowest BCUT2D eigenvalue weighted by Crippen LogP contribution is -2.34. The molecule has 0 saturated heterocycles. The standard InChI is InChI=1S/C18H20N2O2/c1-12-8-15(22-3)4-5-16(12)13-9-14(11-19-10-13)17(21)20-18(2)6-7-18/h4-5,8-11H,6-7H2,1-3H3,(H,20,21). The van der Waals surface area contributed by atoms with Gasteiger partial charge < -0.3 is 10.1 Å². The number of aryl methyl sites for hydroxylation is 1. The van der Waals surface area contributed by atoms with Crippen molar-refractivity contribution in [1.82, 2.24) is 10.3 Å². The summed E-state index contributed by atoms with van der Waals surface area (Å²) in [4.78, 5) is 16.5. The van der Waals surface area contributed by atoms with E-state index in [9.17, 15) is 4.79 Å². The monoisotopic (exact) mass is 296 g/mol. The third-order valence-corrected chi connectivity index (χ3v) is 4.16. The molecule has 0 spiro atoms. The van der Waals surface area contributed by atoms with E-state index in [4.69, 9.17) is 4.74 Å². The maximum atomic E-state index is 12.3. The number of ether oxygens (including phenoxy) is 1. The highest BCUT2D eigenvalue weighted by Gasteiger charge is 2.38. The van der Waals surface area contributed by atoms with Crippen molar-refractivity contribution in [3.05, 3.63) is 47.8 Å². The van der Waals surface area contributed by atoms with E-state index in [1.54, 1.807) is 19.5 Å². The average Bonchev–Trinajstić information content (AvgIpc) is 3.24. The maximum absolute atomic E-state index is 12.3. The number of aromatic nitrogens is 1. The van der Waals surface area contributed by atoms with Crippen molar-refractivity contribution >= 4 is 5.91 Å². The molecule has 1 heterocycles. The maximum Gasteiger partial charge on any atom is 0.253 e. The van der Waals surface area contributed by atoms with Crippen LogP contribution in [-0.4, -0.2) is 23.5 Å². The smallest absolute Gasteiger partial charge is 0.253 e. The molecule has 2 aromatic rings. The van der Waals surface area contributed by atoms with Crippen LogP contribution in [0.2, 0.25) is 0 Å². The lowest BCUT2D eigenvalue weighted by Gasteiger charge is -2.12. The molecule has 1 aromatic heterocycles. The number of pyridine rings is 1. The Morgan fingerprint density at radius 2 is 2.05 bits per heavy atom. The van der Waals surface area contributed by atoms with Crippen molar-refractivity contribution in [3.8, 4) is 16.9 Å². The van der Waals surface area contributed by atoms with E-state index in [0.29, 0.717) is 5.56 Å². The van der Waals surface area contributed by atoms with Gasteiger partial charge >= 0.3 is 0 Å². The minimum absolute atomic E-state index is 0.0247. The van der Waals surface area contributed by atoms with Gasteiger partial charge in [-0.25, -0.2) is 0 Å². The van der Waals surface area contributed by atoms with Gasteiger partial charge in [-0.3, -0.25) is 9.78 Å². The first kappa shape index (κ1) is 14.6. The van der Waals surface area contributed by atoms with Crippen molar-refractivity contribution in [2.45, 2.75) is 32.2 Å². The van der Waals surface area contributed by atoms with E-state index in [2.05, 4.69) is 17.2 Å². The third kappa shape index (κ3) is 2.96. The molecule has 0 atom stereocenters. The highest BCUT2D eigenvalue weighted by atomic mass is 16.5. The van der Waals surface area contributed by atoms with Crippen molar-refractivity contribution in [2.24, 2.45) is 0 Å².